The highest BCUT2D eigenvalue weighted by atomic mass is 19.1. The van der Waals surface area contributed by atoms with Crippen LogP contribution in [0.15, 0.2) is 47.3 Å². The molecule has 3 aliphatic rings. The van der Waals surface area contributed by atoms with Crippen molar-refractivity contribution in [3.63, 3.8) is 0 Å². The summed E-state index contributed by atoms with van der Waals surface area (Å²) in [5.41, 5.74) is 1.86. The molecule has 19 heteroatoms. The molecule has 4 amide bonds. The van der Waals surface area contributed by atoms with Crippen molar-refractivity contribution in [2.45, 2.75) is 129 Å². The van der Waals surface area contributed by atoms with Crippen LogP contribution >= 0.6 is 0 Å². The normalized spacial score (nSPS) is 17.1. The maximum atomic E-state index is 15.4. The van der Waals surface area contributed by atoms with Gasteiger partial charge in [-0.3, -0.25) is 28.8 Å². The Morgan fingerprint density at radius 1 is 0.958 bits per heavy atom. The van der Waals surface area contributed by atoms with Gasteiger partial charge >= 0.3 is 12.1 Å². The molecule has 2 aliphatic heterocycles. The Labute approximate surface area is 410 Å². The van der Waals surface area contributed by atoms with Crippen LogP contribution in [0.3, 0.4) is 0 Å². The van der Waals surface area contributed by atoms with E-state index in [-0.39, 0.29) is 106 Å². The lowest BCUT2D eigenvalue weighted by molar-refractivity contribution is -0.172. The van der Waals surface area contributed by atoms with Crippen LogP contribution in [-0.2, 0) is 69.8 Å². The first-order valence-corrected chi connectivity index (χ1v) is 24.1. The van der Waals surface area contributed by atoms with Gasteiger partial charge in [-0.15, -0.1) is 0 Å². The average molecular weight is 980 g/mol. The van der Waals surface area contributed by atoms with Crippen LogP contribution in [0.2, 0.25) is 0 Å². The number of benzene rings is 2. The number of aromatic nitrogens is 2. The number of amides is 4. The Bertz CT molecular complexity index is 2840. The number of aliphatic hydroxyl groups is 1. The highest BCUT2D eigenvalue weighted by Gasteiger charge is 2.46. The number of fused-ring (bicyclic) bond motifs is 5. The van der Waals surface area contributed by atoms with Crippen LogP contribution in [0.5, 0.6) is 0 Å². The van der Waals surface area contributed by atoms with E-state index >= 15 is 4.39 Å². The molecule has 0 radical (unpaired) electrons. The van der Waals surface area contributed by atoms with Crippen LogP contribution in [-0.4, -0.2) is 106 Å². The topological polar surface area (TPSA) is 244 Å². The van der Waals surface area contributed by atoms with E-state index in [0.29, 0.717) is 54.0 Å². The summed E-state index contributed by atoms with van der Waals surface area (Å²) >= 11 is 0. The molecule has 0 fully saturated rings. The number of alkyl carbamates (subject to hydrolysis) is 1. The fraction of sp³-hybridized carbons (Fsp3) is 0.481. The molecule has 4 aromatic rings. The molecule has 0 bridgehead atoms. The zero-order valence-electron chi connectivity index (χ0n) is 41.1. The maximum absolute atomic E-state index is 15.4. The summed E-state index contributed by atoms with van der Waals surface area (Å²) in [4.78, 5) is 111. The molecule has 3 atom stereocenters. The summed E-state index contributed by atoms with van der Waals surface area (Å²) < 4.78 is 27.3. The lowest BCUT2D eigenvalue weighted by atomic mass is 9.81. The van der Waals surface area contributed by atoms with Crippen LogP contribution < -0.4 is 26.8 Å². The third kappa shape index (κ3) is 11.8. The number of carbonyl (C=O) groups is 7. The molecule has 18 nitrogen and oxygen atoms in total. The van der Waals surface area contributed by atoms with E-state index in [1.165, 1.54) is 10.6 Å². The molecule has 71 heavy (non-hydrogen) atoms. The van der Waals surface area contributed by atoms with Crippen molar-refractivity contribution in [1.82, 2.24) is 35.7 Å². The first kappa shape index (κ1) is 52.0. The van der Waals surface area contributed by atoms with Gasteiger partial charge in [-0.25, -0.2) is 19.0 Å². The zero-order valence-corrected chi connectivity index (χ0v) is 41.1. The Kier molecular flexibility index (Phi) is 15.8. The number of Topliss-reactive ketones (excluding diaryl/α,β-unsaturated/α-hetero) is 2. The van der Waals surface area contributed by atoms with Crippen molar-refractivity contribution in [2.24, 2.45) is 0 Å². The highest BCUT2D eigenvalue weighted by molar-refractivity contribution is 5.95. The van der Waals surface area contributed by atoms with Gasteiger partial charge in [-0.1, -0.05) is 37.3 Å². The number of nitrogens with one attached hydrogen (secondary N) is 4. The standard InChI is InChI=1S/C52H62FN7O11/c1-7-52(69)35-24-40-47-33(27-60(40)48(66)34(35)28-70-49(52)67)46-37(15-14-32-29(2)36(53)25-39(58-47)45(32)46)56-44(65)19-21-59(6)22-20-54-42(63)18-16-41(62)38(23-30-11-9-8-10-12-30)57-43(64)17-13-31(61)26-55-50(68)71-51(3,4)5/h8-12,24-25,37-38,69H,7,13-23,26-28H2,1-6H3,(H,54,63)(H,55,68)(H,56,65)(H,57,64)/t37-,38-,52-/m0/s1. The quantitative estimate of drug-likeness (QED) is 0.0693. The fourth-order valence-electron chi connectivity index (χ4n) is 9.44. The summed E-state index contributed by atoms with van der Waals surface area (Å²) in [5, 5.41) is 23.2. The number of rotatable bonds is 20. The smallest absolute Gasteiger partial charge is 0.408 e. The molecule has 0 saturated heterocycles. The van der Waals surface area contributed by atoms with E-state index in [1.807, 2.05) is 42.3 Å². The SMILES string of the molecule is CC[C@@]1(O)C(=O)OCc2c1cc1n(c2=O)Cc2c-1nc1cc(F)c(C)c3c1c2[C@@H](NC(=O)CCN(C)CCNC(=O)CCC(=O)[C@H](Cc1ccccc1)NC(=O)CCC(=O)CNC(=O)OC(C)(C)C)CC3. The molecule has 4 heterocycles. The molecule has 0 unspecified atom stereocenters. The predicted molar refractivity (Wildman–Crippen MR) is 258 cm³/mol. The number of carbonyl (C=O) groups excluding carboxylic acids is 7. The largest absolute Gasteiger partial charge is 0.458 e. The summed E-state index contributed by atoms with van der Waals surface area (Å²) in [7, 11) is 1.81. The third-order valence-corrected chi connectivity index (χ3v) is 13.3. The van der Waals surface area contributed by atoms with Crippen LogP contribution in [0.25, 0.3) is 22.3 Å². The van der Waals surface area contributed by atoms with Gasteiger partial charge in [0.2, 0.25) is 17.7 Å². The van der Waals surface area contributed by atoms with Crippen LogP contribution in [0, 0.1) is 12.7 Å². The summed E-state index contributed by atoms with van der Waals surface area (Å²) in [6.45, 7) is 8.92. The van der Waals surface area contributed by atoms with E-state index in [0.717, 1.165) is 22.1 Å². The number of likely N-dealkylation sites (N-methyl/N-ethyl adjacent to an activating group) is 1. The van der Waals surface area contributed by atoms with Gasteiger partial charge in [-0.05, 0) is 88.7 Å². The van der Waals surface area contributed by atoms with Crippen LogP contribution in [0.4, 0.5) is 9.18 Å². The van der Waals surface area contributed by atoms with Crippen molar-refractivity contribution in [3.05, 3.63) is 97.6 Å². The molecule has 2 aromatic carbocycles. The second-order valence-corrected chi connectivity index (χ2v) is 19.5. The van der Waals surface area contributed by atoms with Crippen molar-refractivity contribution >= 4 is 52.3 Å². The van der Waals surface area contributed by atoms with Crippen molar-refractivity contribution in [1.29, 1.82) is 0 Å². The van der Waals surface area contributed by atoms with E-state index in [1.54, 1.807) is 40.7 Å². The summed E-state index contributed by atoms with van der Waals surface area (Å²) in [6, 6.07) is 10.6. The Balaban J connectivity index is 0.914. The number of esters is 1. The minimum atomic E-state index is -2.02. The van der Waals surface area contributed by atoms with Crippen molar-refractivity contribution in [2.75, 3.05) is 33.2 Å². The first-order chi connectivity index (χ1) is 33.7. The first-order valence-electron chi connectivity index (χ1n) is 24.1. The number of aryl methyl sites for hydroxylation is 1. The minimum absolute atomic E-state index is 0.0194. The minimum Gasteiger partial charge on any atom is -0.458 e. The lowest BCUT2D eigenvalue weighted by Crippen LogP contribution is -2.44. The number of pyridine rings is 2. The third-order valence-electron chi connectivity index (χ3n) is 13.3. The van der Waals surface area contributed by atoms with Gasteiger partial charge in [0.1, 0.15) is 18.0 Å². The molecule has 2 aromatic heterocycles. The zero-order chi connectivity index (χ0) is 51.4. The number of ketones is 2. The molecule has 0 saturated carbocycles. The maximum Gasteiger partial charge on any atom is 0.408 e. The molecular weight excluding hydrogens is 918 g/mol. The molecule has 378 valence electrons. The Morgan fingerprint density at radius 2 is 1.69 bits per heavy atom. The Hall–Kier alpha value is -6.86. The average Bonchev–Trinajstić information content (AvgIpc) is 3.70. The van der Waals surface area contributed by atoms with Gasteiger partial charge in [-0.2, -0.15) is 0 Å². The highest BCUT2D eigenvalue weighted by Crippen LogP contribution is 2.46. The van der Waals surface area contributed by atoms with Crippen molar-refractivity contribution < 1.29 is 52.5 Å². The monoisotopic (exact) mass is 979 g/mol. The van der Waals surface area contributed by atoms with Gasteiger partial charge in [0, 0.05) is 74.3 Å². The van der Waals surface area contributed by atoms with Gasteiger partial charge in [0.25, 0.3) is 5.56 Å². The van der Waals surface area contributed by atoms with E-state index in [9.17, 15) is 43.5 Å². The molecule has 7 rings (SSSR count). The number of hydrogen-bond acceptors (Lipinski definition) is 13. The fourth-order valence-corrected chi connectivity index (χ4v) is 9.44. The molecule has 1 aliphatic carbocycles. The van der Waals surface area contributed by atoms with Gasteiger partial charge < -0.3 is 45.3 Å². The van der Waals surface area contributed by atoms with E-state index in [4.69, 9.17) is 14.5 Å². The number of nitrogens with zero attached hydrogens (tertiary/aromatic N) is 3. The molecule has 5 N–H and O–H groups in total. The number of hydrogen-bond donors (Lipinski definition) is 5. The second kappa shape index (κ2) is 21.6. The molecular formula is C52H62FN7O11. The van der Waals surface area contributed by atoms with Crippen LogP contribution in [0.1, 0.15) is 118 Å². The number of halogens is 1. The van der Waals surface area contributed by atoms with Gasteiger partial charge in [0.15, 0.2) is 17.2 Å². The van der Waals surface area contributed by atoms with E-state index < -0.39 is 52.6 Å². The van der Waals surface area contributed by atoms with Gasteiger partial charge in [0.05, 0.1) is 47.6 Å². The summed E-state index contributed by atoms with van der Waals surface area (Å²) in [5.74, 6) is -3.13. The molecule has 0 spiro atoms. The number of cyclic esters (lactones) is 1. The van der Waals surface area contributed by atoms with E-state index in [2.05, 4.69) is 21.3 Å². The number of ether oxygens (including phenoxy) is 2. The van der Waals surface area contributed by atoms with Crippen molar-refractivity contribution in [3.8, 4) is 11.4 Å². The Morgan fingerprint density at radius 3 is 2.41 bits per heavy atom. The lowest BCUT2D eigenvalue weighted by Gasteiger charge is -2.31. The summed E-state index contributed by atoms with van der Waals surface area (Å²) in [6.07, 6.45) is -0.157. The predicted octanol–water partition coefficient (Wildman–Crippen LogP) is 4.02. The second-order valence-electron chi connectivity index (χ2n) is 19.5.